The molecule has 1 amide bonds. The molecule has 0 spiro atoms. The molecule has 0 saturated carbocycles. The Morgan fingerprint density at radius 3 is 2.51 bits per heavy atom. The zero-order valence-corrected chi connectivity index (χ0v) is 22.0. The molecule has 1 aromatic heterocycles. The van der Waals surface area contributed by atoms with Gasteiger partial charge in [0.2, 0.25) is 0 Å². The van der Waals surface area contributed by atoms with Gasteiger partial charge in [0.25, 0.3) is 11.5 Å². The fraction of sp³-hybridized carbons (Fsp3) is 0.276. The van der Waals surface area contributed by atoms with Gasteiger partial charge in [-0.05, 0) is 61.7 Å². The monoisotopic (exact) mass is 531 g/mol. The van der Waals surface area contributed by atoms with Gasteiger partial charge in [0.05, 0.1) is 22.6 Å². The minimum Gasteiger partial charge on any atom is -0.329 e. The first-order valence-electron chi connectivity index (χ1n) is 12.1. The lowest BCUT2D eigenvalue weighted by molar-refractivity contribution is 0.0678. The summed E-state index contributed by atoms with van der Waals surface area (Å²) in [7, 11) is 0. The highest BCUT2D eigenvalue weighted by Crippen LogP contribution is 2.27. The van der Waals surface area contributed by atoms with Gasteiger partial charge in [-0.15, -0.1) is 0 Å². The lowest BCUT2D eigenvalue weighted by Gasteiger charge is -2.31. The second kappa shape index (κ2) is 11.0. The van der Waals surface area contributed by atoms with E-state index in [1.807, 2.05) is 84.6 Å². The van der Waals surface area contributed by atoms with Crippen LogP contribution in [0.1, 0.15) is 61.4 Å². The van der Waals surface area contributed by atoms with Crippen molar-refractivity contribution in [3.8, 4) is 5.69 Å². The average Bonchev–Trinajstić information content (AvgIpc) is 2.88. The Hall–Kier alpha value is -3.25. The highest BCUT2D eigenvalue weighted by molar-refractivity contribution is 9.10. The van der Waals surface area contributed by atoms with Crippen LogP contribution < -0.4 is 5.56 Å². The number of para-hydroxylation sites is 2. The summed E-state index contributed by atoms with van der Waals surface area (Å²) >= 11 is 3.48. The number of halogens is 1. The van der Waals surface area contributed by atoms with Crippen LogP contribution in [0.3, 0.4) is 0 Å². The molecule has 0 aliphatic carbocycles. The van der Waals surface area contributed by atoms with Gasteiger partial charge in [-0.25, -0.2) is 4.98 Å². The fourth-order valence-corrected chi connectivity index (χ4v) is 4.82. The molecule has 4 aromatic rings. The largest absolute Gasteiger partial charge is 0.329 e. The smallest absolute Gasteiger partial charge is 0.266 e. The summed E-state index contributed by atoms with van der Waals surface area (Å²) in [6.07, 6.45) is 2.58. The number of benzene rings is 3. The van der Waals surface area contributed by atoms with Crippen LogP contribution in [0, 0.1) is 0 Å². The second-order valence-electron chi connectivity index (χ2n) is 8.65. The van der Waals surface area contributed by atoms with Crippen molar-refractivity contribution < 1.29 is 4.79 Å². The topological polar surface area (TPSA) is 55.2 Å². The minimum absolute atomic E-state index is 0.0787. The third-order valence-electron chi connectivity index (χ3n) is 6.34. The van der Waals surface area contributed by atoms with E-state index >= 15 is 0 Å². The van der Waals surface area contributed by atoms with Gasteiger partial charge in [-0.2, -0.15) is 0 Å². The van der Waals surface area contributed by atoms with Gasteiger partial charge < -0.3 is 4.90 Å². The Bertz CT molecular complexity index is 1410. The molecule has 3 aromatic carbocycles. The lowest BCUT2D eigenvalue weighted by Crippen LogP contribution is -2.38. The first-order valence-corrected chi connectivity index (χ1v) is 12.9. The van der Waals surface area contributed by atoms with Crippen LogP contribution in [0.5, 0.6) is 0 Å². The van der Waals surface area contributed by atoms with E-state index in [2.05, 4.69) is 29.8 Å². The summed E-state index contributed by atoms with van der Waals surface area (Å²) in [6, 6.07) is 22.3. The second-order valence-corrected chi connectivity index (χ2v) is 9.56. The van der Waals surface area contributed by atoms with Gasteiger partial charge in [-0.1, -0.05) is 72.6 Å². The molecule has 1 heterocycles. The molecule has 0 radical (unpaired) electrons. The summed E-state index contributed by atoms with van der Waals surface area (Å²) in [4.78, 5) is 34.4. The Kier molecular flexibility index (Phi) is 7.81. The Balaban J connectivity index is 1.93. The molecular weight excluding hydrogens is 502 g/mol. The van der Waals surface area contributed by atoms with E-state index in [0.717, 1.165) is 35.0 Å². The highest BCUT2D eigenvalue weighted by Gasteiger charge is 2.28. The lowest BCUT2D eigenvalue weighted by atomic mass is 10.1. The van der Waals surface area contributed by atoms with Gasteiger partial charge in [0.15, 0.2) is 0 Å². The normalized spacial score (nSPS) is 12.0. The highest BCUT2D eigenvalue weighted by atomic mass is 79.9. The van der Waals surface area contributed by atoms with Crippen LogP contribution in [-0.2, 0) is 6.42 Å². The van der Waals surface area contributed by atoms with Crippen LogP contribution >= 0.6 is 15.9 Å². The van der Waals surface area contributed by atoms with E-state index < -0.39 is 6.04 Å². The van der Waals surface area contributed by atoms with Crippen molar-refractivity contribution in [2.45, 2.75) is 46.1 Å². The molecule has 1 atom stereocenters. The van der Waals surface area contributed by atoms with Crippen molar-refractivity contribution in [3.05, 3.63) is 105 Å². The Morgan fingerprint density at radius 1 is 1.03 bits per heavy atom. The molecule has 1 unspecified atom stereocenters. The van der Waals surface area contributed by atoms with Crippen molar-refractivity contribution in [1.29, 1.82) is 0 Å². The average molecular weight is 532 g/mol. The zero-order chi connectivity index (χ0) is 24.9. The maximum atomic E-state index is 13.9. The maximum Gasteiger partial charge on any atom is 0.266 e. The van der Waals surface area contributed by atoms with E-state index in [9.17, 15) is 9.59 Å². The van der Waals surface area contributed by atoms with Gasteiger partial charge in [0, 0.05) is 16.6 Å². The van der Waals surface area contributed by atoms with Gasteiger partial charge >= 0.3 is 0 Å². The SMILES string of the molecule is CCCCN(C(=O)c1cccc(Br)c1)C(C)c1nc2ccccc2c(=O)n1-c1ccccc1CC. The van der Waals surface area contributed by atoms with E-state index in [0.29, 0.717) is 28.8 Å². The number of aromatic nitrogens is 2. The predicted molar refractivity (Wildman–Crippen MR) is 145 cm³/mol. The number of hydrogen-bond donors (Lipinski definition) is 0. The number of carbonyl (C=O) groups is 1. The minimum atomic E-state index is -0.421. The van der Waals surface area contributed by atoms with Crippen LogP contribution in [0.4, 0.5) is 0 Å². The molecule has 4 rings (SSSR count). The zero-order valence-electron chi connectivity index (χ0n) is 20.4. The Morgan fingerprint density at radius 2 is 1.77 bits per heavy atom. The molecule has 0 bridgehead atoms. The number of rotatable bonds is 8. The Labute approximate surface area is 214 Å². The number of aryl methyl sites for hydroxylation is 1. The van der Waals surface area contributed by atoms with Crippen molar-refractivity contribution in [3.63, 3.8) is 0 Å². The van der Waals surface area contributed by atoms with Crippen molar-refractivity contribution in [1.82, 2.24) is 14.5 Å². The third kappa shape index (κ3) is 5.08. The van der Waals surface area contributed by atoms with Crippen LogP contribution in [-0.4, -0.2) is 26.9 Å². The third-order valence-corrected chi connectivity index (χ3v) is 6.83. The predicted octanol–water partition coefficient (Wildman–Crippen LogP) is 6.71. The number of unbranched alkanes of at least 4 members (excludes halogenated alkanes) is 1. The number of amides is 1. The number of nitrogens with zero attached hydrogens (tertiary/aromatic N) is 3. The standard InChI is InChI=1S/C29H30BrN3O2/c1-4-6-18-32(28(34)22-13-11-14-23(30)19-22)20(3)27-31-25-16-9-8-15-24(25)29(35)33(27)26-17-10-7-12-21(26)5-2/h7-17,19-20H,4-6,18H2,1-3H3. The number of hydrogen-bond acceptors (Lipinski definition) is 3. The molecule has 180 valence electrons. The molecule has 0 aliphatic heterocycles. The van der Waals surface area contributed by atoms with E-state index in [1.54, 1.807) is 4.57 Å². The van der Waals surface area contributed by atoms with Crippen LogP contribution in [0.15, 0.2) is 82.1 Å². The molecule has 5 nitrogen and oxygen atoms in total. The summed E-state index contributed by atoms with van der Waals surface area (Å²) in [6.45, 7) is 6.72. The van der Waals surface area contributed by atoms with Crippen molar-refractivity contribution in [2.24, 2.45) is 0 Å². The molecule has 6 heteroatoms. The van der Waals surface area contributed by atoms with Crippen molar-refractivity contribution >= 4 is 32.7 Å². The molecule has 35 heavy (non-hydrogen) atoms. The fourth-order valence-electron chi connectivity index (χ4n) is 4.42. The summed E-state index contributed by atoms with van der Waals surface area (Å²) in [5, 5.41) is 0.563. The van der Waals surface area contributed by atoms with E-state index in [1.165, 1.54) is 0 Å². The van der Waals surface area contributed by atoms with E-state index in [-0.39, 0.29) is 11.5 Å². The van der Waals surface area contributed by atoms with E-state index in [4.69, 9.17) is 4.98 Å². The van der Waals surface area contributed by atoms with Gasteiger partial charge in [-0.3, -0.25) is 14.2 Å². The van der Waals surface area contributed by atoms with Gasteiger partial charge in [0.1, 0.15) is 5.82 Å². The quantitative estimate of drug-likeness (QED) is 0.253. The summed E-state index contributed by atoms with van der Waals surface area (Å²) in [5.74, 6) is 0.485. The maximum absolute atomic E-state index is 13.9. The molecule has 0 fully saturated rings. The van der Waals surface area contributed by atoms with Crippen LogP contribution in [0.25, 0.3) is 16.6 Å². The summed E-state index contributed by atoms with van der Waals surface area (Å²) in [5.41, 5.74) is 2.98. The molecular formula is C29H30BrN3O2. The first kappa shape index (κ1) is 24.9. The number of fused-ring (bicyclic) bond motifs is 1. The van der Waals surface area contributed by atoms with Crippen molar-refractivity contribution in [2.75, 3.05) is 6.54 Å². The molecule has 0 saturated heterocycles. The van der Waals surface area contributed by atoms with Crippen LogP contribution in [0.2, 0.25) is 0 Å². The first-order chi connectivity index (χ1) is 17.0. The number of carbonyl (C=O) groups excluding carboxylic acids is 1. The summed E-state index contributed by atoms with van der Waals surface area (Å²) < 4.78 is 2.56. The molecule has 0 N–H and O–H groups in total. The molecule has 0 aliphatic rings.